The van der Waals surface area contributed by atoms with Crippen LogP contribution in [0.4, 0.5) is 0 Å². The third kappa shape index (κ3) is 41.0. The Balaban J connectivity index is 3.79. The lowest BCUT2D eigenvalue weighted by Gasteiger charge is -2.18. The number of rotatable bonds is 41. The molecule has 0 radical (unpaired) electrons. The Bertz CT molecular complexity index is 673. The summed E-state index contributed by atoms with van der Waals surface area (Å²) in [4.78, 5) is 10.8. The van der Waals surface area contributed by atoms with Gasteiger partial charge in [0.25, 0.3) is 0 Å². The Morgan fingerprint density at radius 3 is 1.29 bits per heavy atom. The lowest BCUT2D eigenvalue weighted by molar-refractivity contribution is -0.137. The predicted octanol–water partition coefficient (Wildman–Crippen LogP) is 14.5. The van der Waals surface area contributed by atoms with Gasteiger partial charge in [-0.2, -0.15) is 0 Å². The molecular weight excluding hydrogens is 592 g/mol. The van der Waals surface area contributed by atoms with E-state index in [0.717, 1.165) is 51.7 Å². The van der Waals surface area contributed by atoms with Gasteiger partial charge in [-0.15, -0.1) is 0 Å². The Morgan fingerprint density at radius 1 is 0.479 bits per heavy atom. The molecule has 0 aromatic rings. The molecule has 48 heavy (non-hydrogen) atoms. The molecule has 4 nitrogen and oxygen atoms in total. The highest BCUT2D eigenvalue weighted by molar-refractivity contribution is 5.66. The molecule has 0 rings (SSSR count). The average Bonchev–Trinajstić information content (AvgIpc) is 3.08. The first-order valence-corrected chi connectivity index (χ1v) is 21.4. The fourth-order valence-corrected chi connectivity index (χ4v) is 6.31. The van der Waals surface area contributed by atoms with Crippen molar-refractivity contribution in [2.24, 2.45) is 0 Å². The van der Waals surface area contributed by atoms with Gasteiger partial charge in [0, 0.05) is 19.6 Å². The summed E-state index contributed by atoms with van der Waals surface area (Å²) >= 11 is 0. The first-order chi connectivity index (χ1) is 23.7. The van der Waals surface area contributed by atoms with Crippen LogP contribution in [0.5, 0.6) is 0 Å². The molecule has 0 spiro atoms. The van der Waals surface area contributed by atoms with Crippen LogP contribution in [0.15, 0.2) is 24.3 Å². The van der Waals surface area contributed by atoms with Crippen LogP contribution in [0.25, 0.3) is 0 Å². The molecule has 0 aromatic heterocycles. The first-order valence-electron chi connectivity index (χ1n) is 21.4. The second-order valence-electron chi connectivity index (χ2n) is 14.4. The molecule has 0 aliphatic carbocycles. The molecule has 1 atom stereocenters. The van der Waals surface area contributed by atoms with Crippen molar-refractivity contribution in [1.29, 1.82) is 0 Å². The van der Waals surface area contributed by atoms with Crippen molar-refractivity contribution in [1.82, 2.24) is 0 Å². The average molecular weight is 677 g/mol. The van der Waals surface area contributed by atoms with E-state index in [-0.39, 0.29) is 12.5 Å². The minimum absolute atomic E-state index is 0.145. The summed E-state index contributed by atoms with van der Waals surface area (Å²) in [6.07, 6.45) is 50.8. The van der Waals surface area contributed by atoms with E-state index in [4.69, 9.17) is 14.6 Å². The first kappa shape index (κ1) is 46.9. The van der Waals surface area contributed by atoms with E-state index in [9.17, 15) is 4.79 Å². The van der Waals surface area contributed by atoms with E-state index in [0.29, 0.717) is 6.61 Å². The minimum Gasteiger partial charge on any atom is -0.481 e. The van der Waals surface area contributed by atoms with Gasteiger partial charge in [0.05, 0.1) is 12.7 Å². The molecule has 0 aliphatic heterocycles. The van der Waals surface area contributed by atoms with E-state index in [1.807, 2.05) is 0 Å². The van der Waals surface area contributed by atoms with E-state index in [1.54, 1.807) is 0 Å². The van der Waals surface area contributed by atoms with E-state index < -0.39 is 5.97 Å². The van der Waals surface area contributed by atoms with Gasteiger partial charge < -0.3 is 14.6 Å². The minimum atomic E-state index is -0.693. The van der Waals surface area contributed by atoms with Crippen LogP contribution in [0.3, 0.4) is 0 Å². The number of hydrogen-bond acceptors (Lipinski definition) is 3. The monoisotopic (exact) mass is 677 g/mol. The number of carboxylic acids is 1. The lowest BCUT2D eigenvalue weighted by atomic mass is 10.1. The second kappa shape index (κ2) is 42.0. The van der Waals surface area contributed by atoms with Gasteiger partial charge in [-0.3, -0.25) is 4.79 Å². The largest absolute Gasteiger partial charge is 0.481 e. The van der Waals surface area contributed by atoms with Crippen LogP contribution in [0.1, 0.15) is 226 Å². The maximum Gasteiger partial charge on any atom is 0.303 e. The Kier molecular flexibility index (Phi) is 41.0. The molecule has 0 fully saturated rings. The van der Waals surface area contributed by atoms with Crippen molar-refractivity contribution >= 4 is 5.97 Å². The second-order valence-corrected chi connectivity index (χ2v) is 14.4. The van der Waals surface area contributed by atoms with Crippen molar-refractivity contribution in [2.45, 2.75) is 232 Å². The van der Waals surface area contributed by atoms with Crippen LogP contribution in [-0.4, -0.2) is 37.0 Å². The number of carboxylic acid groups (broad SMARTS) is 1. The molecule has 0 heterocycles. The molecular formula is C44H84O4. The van der Waals surface area contributed by atoms with E-state index in [1.165, 1.54) is 167 Å². The quantitative estimate of drug-likeness (QED) is 0.0517. The SMILES string of the molecule is CCCCCCCC/C=C\CCCCCCCCOCC(CCCCCC(=O)O)OCCCCCCCC/C=C\CCCCCCCC. The molecule has 0 saturated carbocycles. The zero-order valence-electron chi connectivity index (χ0n) is 32.5. The fourth-order valence-electron chi connectivity index (χ4n) is 6.31. The number of carbonyl (C=O) groups is 1. The predicted molar refractivity (Wildman–Crippen MR) is 210 cm³/mol. The normalized spacial score (nSPS) is 12.5. The molecule has 284 valence electrons. The lowest BCUT2D eigenvalue weighted by Crippen LogP contribution is -2.21. The number of aliphatic carboxylic acids is 1. The van der Waals surface area contributed by atoms with E-state index in [2.05, 4.69) is 38.2 Å². The summed E-state index contributed by atoms with van der Waals surface area (Å²) < 4.78 is 12.3. The molecule has 0 aromatic carbocycles. The van der Waals surface area contributed by atoms with Crippen LogP contribution in [0, 0.1) is 0 Å². The highest BCUT2D eigenvalue weighted by atomic mass is 16.5. The van der Waals surface area contributed by atoms with Gasteiger partial charge in [-0.25, -0.2) is 0 Å². The van der Waals surface area contributed by atoms with Gasteiger partial charge in [0.15, 0.2) is 0 Å². The van der Waals surface area contributed by atoms with Crippen molar-refractivity contribution in [3.63, 3.8) is 0 Å². The van der Waals surface area contributed by atoms with Crippen LogP contribution in [0.2, 0.25) is 0 Å². The van der Waals surface area contributed by atoms with Crippen molar-refractivity contribution < 1.29 is 19.4 Å². The molecule has 0 amide bonds. The number of ether oxygens (including phenoxy) is 2. The zero-order chi connectivity index (χ0) is 34.9. The van der Waals surface area contributed by atoms with Gasteiger partial charge in [-0.1, -0.05) is 167 Å². The Morgan fingerprint density at radius 2 is 0.854 bits per heavy atom. The maximum atomic E-state index is 10.8. The van der Waals surface area contributed by atoms with Gasteiger partial charge in [0.1, 0.15) is 0 Å². The van der Waals surface area contributed by atoms with Gasteiger partial charge in [-0.05, 0) is 77.0 Å². The molecule has 0 saturated heterocycles. The molecule has 1 N–H and O–H groups in total. The molecule has 0 aliphatic rings. The third-order valence-electron chi connectivity index (χ3n) is 9.53. The van der Waals surface area contributed by atoms with Crippen LogP contribution >= 0.6 is 0 Å². The summed E-state index contributed by atoms with van der Waals surface area (Å²) in [5.74, 6) is -0.693. The standard InChI is InChI=1S/C44H84O4/c1-3-5-7-9-11-13-15-17-19-21-23-25-27-29-31-36-40-47-42-43(38-34-33-35-39-44(45)46)48-41-37-32-30-28-26-24-22-20-18-16-14-12-10-8-6-4-2/h17-20,43H,3-16,21-42H2,1-2H3,(H,45,46)/b19-17-,20-18-. The van der Waals surface area contributed by atoms with Crippen molar-refractivity contribution in [2.75, 3.05) is 19.8 Å². The topological polar surface area (TPSA) is 55.8 Å². The molecule has 0 bridgehead atoms. The number of unbranched alkanes of at least 4 members (excludes halogenated alkanes) is 26. The number of hydrogen-bond donors (Lipinski definition) is 1. The smallest absolute Gasteiger partial charge is 0.303 e. The third-order valence-corrected chi connectivity index (χ3v) is 9.53. The molecule has 1 unspecified atom stereocenters. The van der Waals surface area contributed by atoms with Crippen molar-refractivity contribution in [3.05, 3.63) is 24.3 Å². The number of allylic oxidation sites excluding steroid dienone is 4. The van der Waals surface area contributed by atoms with Crippen LogP contribution < -0.4 is 0 Å². The fraction of sp³-hybridized carbons (Fsp3) is 0.886. The highest BCUT2D eigenvalue weighted by Crippen LogP contribution is 2.14. The summed E-state index contributed by atoms with van der Waals surface area (Å²) in [5.41, 5.74) is 0. The summed E-state index contributed by atoms with van der Waals surface area (Å²) in [5, 5.41) is 8.91. The van der Waals surface area contributed by atoms with Crippen LogP contribution in [-0.2, 0) is 14.3 Å². The van der Waals surface area contributed by atoms with E-state index >= 15 is 0 Å². The summed E-state index contributed by atoms with van der Waals surface area (Å²) in [6.45, 7) is 6.89. The van der Waals surface area contributed by atoms with Crippen molar-refractivity contribution in [3.8, 4) is 0 Å². The highest BCUT2D eigenvalue weighted by Gasteiger charge is 2.10. The zero-order valence-corrected chi connectivity index (χ0v) is 32.5. The van der Waals surface area contributed by atoms with Gasteiger partial charge >= 0.3 is 5.97 Å². The maximum absolute atomic E-state index is 10.8. The van der Waals surface area contributed by atoms with Gasteiger partial charge in [0.2, 0.25) is 0 Å². The Hall–Kier alpha value is -1.13. The summed E-state index contributed by atoms with van der Waals surface area (Å²) in [7, 11) is 0. The summed E-state index contributed by atoms with van der Waals surface area (Å²) in [6, 6.07) is 0. The Labute approximate surface area is 300 Å². The molecule has 4 heteroatoms.